The molecule has 1 unspecified atom stereocenters. The third-order valence-corrected chi connectivity index (χ3v) is 4.01. The molecule has 1 atom stereocenters. The summed E-state index contributed by atoms with van der Waals surface area (Å²) in [6.07, 6.45) is 0. The molecule has 0 bridgehead atoms. The molecule has 0 amide bonds. The maximum atomic E-state index is 3.61. The van der Waals surface area contributed by atoms with Crippen LogP contribution in [-0.4, -0.2) is 6.54 Å². The molecule has 1 N–H and O–H groups in total. The summed E-state index contributed by atoms with van der Waals surface area (Å²) in [5.41, 5.74) is 5.37. The van der Waals surface area contributed by atoms with E-state index in [0.717, 1.165) is 6.54 Å². The van der Waals surface area contributed by atoms with Crippen LogP contribution < -0.4 is 5.32 Å². The predicted molar refractivity (Wildman–Crippen MR) is 90.6 cm³/mol. The van der Waals surface area contributed by atoms with Crippen molar-refractivity contribution < 1.29 is 0 Å². The van der Waals surface area contributed by atoms with Gasteiger partial charge in [-0.05, 0) is 71.8 Å². The summed E-state index contributed by atoms with van der Waals surface area (Å²) >= 11 is 2.37. The van der Waals surface area contributed by atoms with Crippen LogP contribution in [0.2, 0.25) is 0 Å². The molecule has 100 valence electrons. The van der Waals surface area contributed by atoms with E-state index in [1.807, 2.05) is 0 Å². The lowest BCUT2D eigenvalue weighted by molar-refractivity contribution is 0.627. The molecular weight excluding hydrogens is 345 g/mol. The quantitative estimate of drug-likeness (QED) is 0.781. The number of hydrogen-bond acceptors (Lipinski definition) is 1. The Labute approximate surface area is 129 Å². The zero-order valence-corrected chi connectivity index (χ0v) is 13.9. The smallest absolute Gasteiger partial charge is 0.0579 e. The summed E-state index contributed by atoms with van der Waals surface area (Å²) in [7, 11) is 0. The van der Waals surface area contributed by atoms with Crippen LogP contribution in [0.15, 0.2) is 42.5 Å². The Balaban J connectivity index is 2.48. The van der Waals surface area contributed by atoms with Crippen LogP contribution in [0.25, 0.3) is 0 Å². The molecule has 2 aromatic rings. The molecule has 0 fully saturated rings. The van der Waals surface area contributed by atoms with Crippen LogP contribution in [0.1, 0.15) is 35.2 Å². The van der Waals surface area contributed by atoms with Crippen LogP contribution in [0, 0.1) is 17.4 Å². The summed E-state index contributed by atoms with van der Waals surface area (Å²) in [5.74, 6) is 0. The zero-order chi connectivity index (χ0) is 13.8. The van der Waals surface area contributed by atoms with Gasteiger partial charge in [0.2, 0.25) is 0 Å². The fourth-order valence-corrected chi connectivity index (χ4v) is 2.94. The molecule has 0 radical (unpaired) electrons. The SMILES string of the molecule is CCNC(c1cccc(I)c1)c1cc(C)ccc1C. The standard InChI is InChI=1S/C17H20IN/c1-4-19-17(14-6-5-7-15(18)11-14)16-10-12(2)8-9-13(16)3/h5-11,17,19H,4H2,1-3H3. The van der Waals surface area contributed by atoms with Gasteiger partial charge in [0.15, 0.2) is 0 Å². The molecule has 0 saturated carbocycles. The van der Waals surface area contributed by atoms with Gasteiger partial charge in [-0.15, -0.1) is 0 Å². The van der Waals surface area contributed by atoms with Gasteiger partial charge in [0, 0.05) is 3.57 Å². The van der Waals surface area contributed by atoms with E-state index in [-0.39, 0.29) is 6.04 Å². The van der Waals surface area contributed by atoms with Gasteiger partial charge in [-0.3, -0.25) is 0 Å². The van der Waals surface area contributed by atoms with Crippen molar-refractivity contribution in [1.29, 1.82) is 0 Å². The van der Waals surface area contributed by atoms with Crippen molar-refractivity contribution in [2.45, 2.75) is 26.8 Å². The fourth-order valence-electron chi connectivity index (χ4n) is 2.37. The lowest BCUT2D eigenvalue weighted by atomic mass is 9.93. The minimum atomic E-state index is 0.277. The summed E-state index contributed by atoms with van der Waals surface area (Å²) in [4.78, 5) is 0. The lowest BCUT2D eigenvalue weighted by Gasteiger charge is -2.21. The van der Waals surface area contributed by atoms with Crippen molar-refractivity contribution >= 4 is 22.6 Å². The van der Waals surface area contributed by atoms with E-state index in [9.17, 15) is 0 Å². The molecule has 0 saturated heterocycles. The van der Waals surface area contributed by atoms with Crippen LogP contribution in [0.5, 0.6) is 0 Å². The van der Waals surface area contributed by atoms with Crippen LogP contribution >= 0.6 is 22.6 Å². The van der Waals surface area contributed by atoms with Crippen molar-refractivity contribution in [3.8, 4) is 0 Å². The van der Waals surface area contributed by atoms with E-state index >= 15 is 0 Å². The van der Waals surface area contributed by atoms with E-state index in [0.29, 0.717) is 0 Å². The highest BCUT2D eigenvalue weighted by Crippen LogP contribution is 2.26. The summed E-state index contributed by atoms with van der Waals surface area (Å²) in [6.45, 7) is 7.46. The Morgan fingerprint density at radius 3 is 2.58 bits per heavy atom. The summed E-state index contributed by atoms with van der Waals surface area (Å²) in [6, 6.07) is 15.7. The number of rotatable bonds is 4. The van der Waals surface area contributed by atoms with Gasteiger partial charge in [0.05, 0.1) is 6.04 Å². The first-order valence-electron chi connectivity index (χ1n) is 6.68. The highest BCUT2D eigenvalue weighted by atomic mass is 127. The largest absolute Gasteiger partial charge is 0.307 e. The molecule has 0 spiro atoms. The molecular formula is C17H20IN. The minimum absolute atomic E-state index is 0.277. The first-order chi connectivity index (χ1) is 9.11. The molecule has 1 nitrogen and oxygen atoms in total. The zero-order valence-electron chi connectivity index (χ0n) is 11.7. The van der Waals surface area contributed by atoms with Gasteiger partial charge in [-0.2, -0.15) is 0 Å². The number of aryl methyl sites for hydroxylation is 2. The average Bonchev–Trinajstić information content (AvgIpc) is 2.39. The third-order valence-electron chi connectivity index (χ3n) is 3.34. The Morgan fingerprint density at radius 2 is 1.89 bits per heavy atom. The highest BCUT2D eigenvalue weighted by molar-refractivity contribution is 14.1. The van der Waals surface area contributed by atoms with Crippen molar-refractivity contribution in [1.82, 2.24) is 5.32 Å². The Bertz CT molecular complexity index is 563. The molecule has 2 heteroatoms. The number of hydrogen-bond donors (Lipinski definition) is 1. The molecule has 2 aromatic carbocycles. The molecule has 0 aromatic heterocycles. The van der Waals surface area contributed by atoms with Crippen LogP contribution in [0.3, 0.4) is 0 Å². The third kappa shape index (κ3) is 3.57. The second-order valence-electron chi connectivity index (χ2n) is 4.91. The fraction of sp³-hybridized carbons (Fsp3) is 0.294. The van der Waals surface area contributed by atoms with Crippen molar-refractivity contribution in [3.63, 3.8) is 0 Å². The predicted octanol–water partition coefficient (Wildman–Crippen LogP) is 4.61. The molecule has 0 aliphatic carbocycles. The van der Waals surface area contributed by atoms with E-state index in [4.69, 9.17) is 0 Å². The lowest BCUT2D eigenvalue weighted by Crippen LogP contribution is -2.23. The van der Waals surface area contributed by atoms with Crippen molar-refractivity contribution in [2.75, 3.05) is 6.54 Å². The van der Waals surface area contributed by atoms with Gasteiger partial charge in [-0.25, -0.2) is 0 Å². The maximum Gasteiger partial charge on any atom is 0.0579 e. The van der Waals surface area contributed by atoms with Crippen LogP contribution in [-0.2, 0) is 0 Å². The van der Waals surface area contributed by atoms with Gasteiger partial charge < -0.3 is 5.32 Å². The highest BCUT2D eigenvalue weighted by Gasteiger charge is 2.15. The van der Waals surface area contributed by atoms with E-state index in [2.05, 4.69) is 91.1 Å². The van der Waals surface area contributed by atoms with E-state index < -0.39 is 0 Å². The molecule has 19 heavy (non-hydrogen) atoms. The van der Waals surface area contributed by atoms with Crippen molar-refractivity contribution in [3.05, 3.63) is 68.3 Å². The van der Waals surface area contributed by atoms with Gasteiger partial charge in [0.25, 0.3) is 0 Å². The summed E-state index contributed by atoms with van der Waals surface area (Å²) < 4.78 is 1.28. The molecule has 0 heterocycles. The summed E-state index contributed by atoms with van der Waals surface area (Å²) in [5, 5.41) is 3.61. The maximum absolute atomic E-state index is 3.61. The second-order valence-corrected chi connectivity index (χ2v) is 6.15. The first-order valence-corrected chi connectivity index (χ1v) is 7.75. The van der Waals surface area contributed by atoms with E-state index in [1.165, 1.54) is 25.8 Å². The van der Waals surface area contributed by atoms with Crippen LogP contribution in [0.4, 0.5) is 0 Å². The molecule has 0 aliphatic heterocycles. The normalized spacial score (nSPS) is 12.4. The van der Waals surface area contributed by atoms with Crippen molar-refractivity contribution in [2.24, 2.45) is 0 Å². The minimum Gasteiger partial charge on any atom is -0.307 e. The monoisotopic (exact) mass is 365 g/mol. The van der Waals surface area contributed by atoms with Gasteiger partial charge in [-0.1, -0.05) is 42.8 Å². The van der Waals surface area contributed by atoms with Gasteiger partial charge in [0.1, 0.15) is 0 Å². The Hall–Kier alpha value is -0.870. The Kier molecular flexibility index (Phi) is 4.99. The number of nitrogens with one attached hydrogen (secondary N) is 1. The second kappa shape index (κ2) is 6.53. The first kappa shape index (κ1) is 14.5. The topological polar surface area (TPSA) is 12.0 Å². The van der Waals surface area contributed by atoms with E-state index in [1.54, 1.807) is 0 Å². The molecule has 2 rings (SSSR count). The number of halogens is 1. The number of benzene rings is 2. The average molecular weight is 365 g/mol. The molecule has 0 aliphatic rings. The Morgan fingerprint density at radius 1 is 1.11 bits per heavy atom. The van der Waals surface area contributed by atoms with Gasteiger partial charge >= 0.3 is 0 Å².